The average molecular weight is 401 g/mol. The van der Waals surface area contributed by atoms with Crippen molar-refractivity contribution >= 4 is 45.2 Å². The summed E-state index contributed by atoms with van der Waals surface area (Å²) in [5.41, 5.74) is 1.10. The van der Waals surface area contributed by atoms with Crippen LogP contribution >= 0.6 is 22.9 Å². The fourth-order valence-electron chi connectivity index (χ4n) is 2.41. The predicted molar refractivity (Wildman–Crippen MR) is 100 cm³/mol. The molecule has 1 N–H and O–H groups in total. The number of nitrogens with zero attached hydrogens (tertiary/aromatic N) is 5. The lowest BCUT2D eigenvalue weighted by atomic mass is 10.1. The van der Waals surface area contributed by atoms with E-state index in [-0.39, 0.29) is 16.3 Å². The van der Waals surface area contributed by atoms with Crippen molar-refractivity contribution in [3.63, 3.8) is 0 Å². The molecule has 4 aromatic rings. The second-order valence-corrected chi connectivity index (χ2v) is 6.78. The van der Waals surface area contributed by atoms with E-state index in [4.69, 9.17) is 11.6 Å². The molecule has 0 bridgehead atoms. The van der Waals surface area contributed by atoms with E-state index in [0.29, 0.717) is 15.7 Å². The number of rotatable bonds is 4. The monoisotopic (exact) mass is 400 g/mol. The Bertz CT molecular complexity index is 1160. The lowest BCUT2D eigenvalue weighted by Crippen LogP contribution is -2.12. The van der Waals surface area contributed by atoms with Gasteiger partial charge in [-0.05, 0) is 18.2 Å². The van der Waals surface area contributed by atoms with Crippen molar-refractivity contribution < 1.29 is 9.72 Å². The van der Waals surface area contributed by atoms with Crippen LogP contribution in [-0.4, -0.2) is 30.6 Å². The topological polar surface area (TPSA) is 115 Å². The molecule has 0 aliphatic rings. The van der Waals surface area contributed by atoms with E-state index in [9.17, 15) is 14.9 Å². The first-order valence-corrected chi connectivity index (χ1v) is 8.73. The first-order valence-electron chi connectivity index (χ1n) is 7.54. The molecule has 2 aromatic heterocycles. The van der Waals surface area contributed by atoms with Gasteiger partial charge in [0.2, 0.25) is 4.96 Å². The number of non-ortho nitro benzene ring substituents is 1. The van der Waals surface area contributed by atoms with Gasteiger partial charge in [0.05, 0.1) is 15.5 Å². The smallest absolute Gasteiger partial charge is 0.270 e. The highest BCUT2D eigenvalue weighted by atomic mass is 35.5. The number of aromatic nitrogens is 4. The first-order chi connectivity index (χ1) is 13.0. The number of carbonyl (C=O) groups excluding carboxylic acids is 1. The van der Waals surface area contributed by atoms with Crippen molar-refractivity contribution in [1.82, 2.24) is 19.8 Å². The summed E-state index contributed by atoms with van der Waals surface area (Å²) >= 11 is 7.37. The van der Waals surface area contributed by atoms with Crippen molar-refractivity contribution in [1.29, 1.82) is 0 Å². The van der Waals surface area contributed by atoms with Crippen LogP contribution in [0, 0.1) is 10.1 Å². The summed E-state index contributed by atoms with van der Waals surface area (Å²) in [6.07, 6.45) is 1.51. The van der Waals surface area contributed by atoms with E-state index in [1.807, 2.05) is 6.07 Å². The van der Waals surface area contributed by atoms with Gasteiger partial charge in [-0.1, -0.05) is 35.1 Å². The molecule has 1 amide bonds. The number of anilines is 1. The maximum absolute atomic E-state index is 12.5. The van der Waals surface area contributed by atoms with E-state index < -0.39 is 10.8 Å². The summed E-state index contributed by atoms with van der Waals surface area (Å²) in [6, 6.07) is 10.8. The molecule has 0 radical (unpaired) electrons. The van der Waals surface area contributed by atoms with Crippen LogP contribution < -0.4 is 5.32 Å². The highest BCUT2D eigenvalue weighted by Gasteiger charge is 2.16. The van der Waals surface area contributed by atoms with E-state index >= 15 is 0 Å². The Morgan fingerprint density at radius 3 is 2.89 bits per heavy atom. The number of benzene rings is 2. The molecule has 2 aromatic carbocycles. The van der Waals surface area contributed by atoms with E-state index in [2.05, 4.69) is 20.6 Å². The number of nitrogens with one attached hydrogen (secondary N) is 1. The SMILES string of the molecule is O=C(Nc1cccc(-c2nn3cnnc3s2)c1)c1cc([N+](=O)[O-])ccc1Cl. The Kier molecular flexibility index (Phi) is 4.26. The lowest BCUT2D eigenvalue weighted by Gasteiger charge is -2.08. The van der Waals surface area contributed by atoms with Crippen molar-refractivity contribution in [3.8, 4) is 10.6 Å². The third kappa shape index (κ3) is 3.35. The first kappa shape index (κ1) is 17.1. The number of carbonyl (C=O) groups is 1. The molecule has 0 fully saturated rings. The van der Waals surface area contributed by atoms with Gasteiger partial charge in [-0.15, -0.1) is 10.2 Å². The zero-order valence-corrected chi connectivity index (χ0v) is 14.9. The molecule has 27 heavy (non-hydrogen) atoms. The van der Waals surface area contributed by atoms with Gasteiger partial charge < -0.3 is 5.32 Å². The number of amides is 1. The van der Waals surface area contributed by atoms with E-state index in [0.717, 1.165) is 11.6 Å². The summed E-state index contributed by atoms with van der Waals surface area (Å²) in [5.74, 6) is -0.543. The molecule has 0 saturated heterocycles. The van der Waals surface area contributed by atoms with Crippen molar-refractivity contribution in [2.75, 3.05) is 5.32 Å². The minimum absolute atomic E-state index is 0.0232. The average Bonchev–Trinajstić information content (AvgIpc) is 3.24. The van der Waals surface area contributed by atoms with Crippen LogP contribution in [0.3, 0.4) is 0 Å². The minimum atomic E-state index is -0.582. The number of nitro benzene ring substituents is 1. The largest absolute Gasteiger partial charge is 0.322 e. The summed E-state index contributed by atoms with van der Waals surface area (Å²) < 4.78 is 1.56. The highest BCUT2D eigenvalue weighted by Crippen LogP contribution is 2.28. The van der Waals surface area contributed by atoms with Crippen molar-refractivity contribution in [2.45, 2.75) is 0 Å². The summed E-state index contributed by atoms with van der Waals surface area (Å²) in [6.45, 7) is 0. The van der Waals surface area contributed by atoms with Crippen molar-refractivity contribution in [2.24, 2.45) is 0 Å². The standard InChI is InChI=1S/C16H9ClN6O3S/c17-13-5-4-11(23(25)26)7-12(13)14(24)19-10-3-1-2-9(6-10)15-21-22-8-18-20-16(22)27-15/h1-8H,(H,19,24). The number of halogens is 1. The van der Waals surface area contributed by atoms with Crippen LogP contribution in [0.2, 0.25) is 5.02 Å². The van der Waals surface area contributed by atoms with Gasteiger partial charge in [0, 0.05) is 23.4 Å². The Morgan fingerprint density at radius 1 is 1.26 bits per heavy atom. The summed E-state index contributed by atoms with van der Waals surface area (Å²) in [4.78, 5) is 23.5. The van der Waals surface area contributed by atoms with Crippen LogP contribution in [0.1, 0.15) is 10.4 Å². The third-order valence-electron chi connectivity index (χ3n) is 3.66. The summed E-state index contributed by atoms with van der Waals surface area (Å²) in [7, 11) is 0. The van der Waals surface area contributed by atoms with E-state index in [1.165, 1.54) is 29.8 Å². The minimum Gasteiger partial charge on any atom is -0.322 e. The summed E-state index contributed by atoms with van der Waals surface area (Å²) in [5, 5.41) is 26.5. The normalized spacial score (nSPS) is 10.9. The maximum Gasteiger partial charge on any atom is 0.270 e. The van der Waals surface area contributed by atoms with E-state index in [1.54, 1.807) is 22.7 Å². The molecular weight excluding hydrogens is 392 g/mol. The highest BCUT2D eigenvalue weighted by molar-refractivity contribution is 7.19. The molecular formula is C16H9ClN6O3S. The zero-order chi connectivity index (χ0) is 19.0. The zero-order valence-electron chi connectivity index (χ0n) is 13.4. The molecule has 0 unspecified atom stereocenters. The molecule has 11 heteroatoms. The maximum atomic E-state index is 12.5. The Labute approximate surface area is 160 Å². The van der Waals surface area contributed by atoms with Gasteiger partial charge in [0.1, 0.15) is 11.3 Å². The molecule has 0 aliphatic heterocycles. The van der Waals surface area contributed by atoms with Crippen molar-refractivity contribution in [3.05, 3.63) is 69.5 Å². The number of fused-ring (bicyclic) bond motifs is 1. The van der Waals surface area contributed by atoms with Crippen LogP contribution in [0.4, 0.5) is 11.4 Å². The van der Waals surface area contributed by atoms with Gasteiger partial charge in [-0.3, -0.25) is 14.9 Å². The lowest BCUT2D eigenvalue weighted by molar-refractivity contribution is -0.384. The molecule has 9 nitrogen and oxygen atoms in total. The van der Waals surface area contributed by atoms with Crippen LogP contribution in [0.15, 0.2) is 48.8 Å². The molecule has 0 spiro atoms. The fourth-order valence-corrected chi connectivity index (χ4v) is 3.43. The van der Waals surface area contributed by atoms with Crippen LogP contribution in [-0.2, 0) is 0 Å². The second-order valence-electron chi connectivity index (χ2n) is 5.42. The molecule has 134 valence electrons. The molecule has 0 atom stereocenters. The fraction of sp³-hybridized carbons (Fsp3) is 0. The molecule has 2 heterocycles. The Morgan fingerprint density at radius 2 is 2.11 bits per heavy atom. The Hall–Kier alpha value is -3.37. The molecule has 0 aliphatic carbocycles. The number of hydrogen-bond acceptors (Lipinski definition) is 7. The van der Waals surface area contributed by atoms with Gasteiger partial charge in [0.15, 0.2) is 0 Å². The van der Waals surface area contributed by atoms with Gasteiger partial charge in [0.25, 0.3) is 11.6 Å². The van der Waals surface area contributed by atoms with Gasteiger partial charge in [-0.2, -0.15) is 9.61 Å². The predicted octanol–water partition coefficient (Wildman–Crippen LogP) is 3.67. The number of hydrogen-bond donors (Lipinski definition) is 1. The quantitative estimate of drug-likeness (QED) is 0.412. The third-order valence-corrected chi connectivity index (χ3v) is 4.95. The Balaban J connectivity index is 1.61. The molecule has 4 rings (SSSR count). The molecule has 0 saturated carbocycles. The van der Waals surface area contributed by atoms with Gasteiger partial charge in [-0.25, -0.2) is 0 Å². The van der Waals surface area contributed by atoms with Crippen LogP contribution in [0.5, 0.6) is 0 Å². The second kappa shape index (κ2) is 6.74. The van der Waals surface area contributed by atoms with Gasteiger partial charge >= 0.3 is 0 Å². The number of nitro groups is 1. The van der Waals surface area contributed by atoms with Crippen LogP contribution in [0.25, 0.3) is 15.5 Å².